The molecule has 1 aliphatic carbocycles. The summed E-state index contributed by atoms with van der Waals surface area (Å²) in [5, 5.41) is 8.88. The molecule has 2 rings (SSSR count). The second-order valence-electron chi connectivity index (χ2n) is 6.50. The zero-order valence-corrected chi connectivity index (χ0v) is 13.4. The van der Waals surface area contributed by atoms with Crippen LogP contribution in [0.1, 0.15) is 55.5 Å². The number of nitrogens with zero attached hydrogens (tertiary/aromatic N) is 1. The first kappa shape index (κ1) is 16.5. The molecule has 0 unspecified atom stereocenters. The van der Waals surface area contributed by atoms with E-state index in [4.69, 9.17) is 5.11 Å². The number of carbonyl (C=O) groups excluding carboxylic acids is 1. The smallest absolute Gasteiger partial charge is 0.335 e. The summed E-state index contributed by atoms with van der Waals surface area (Å²) in [4.78, 5) is 25.3. The molecule has 22 heavy (non-hydrogen) atoms. The second kappa shape index (κ2) is 7.43. The largest absolute Gasteiger partial charge is 0.478 e. The lowest BCUT2D eigenvalue weighted by molar-refractivity contribution is -0.131. The van der Waals surface area contributed by atoms with Crippen molar-refractivity contribution in [1.29, 1.82) is 0 Å². The van der Waals surface area contributed by atoms with Crippen LogP contribution in [-0.2, 0) is 11.2 Å². The minimum atomic E-state index is -0.920. The van der Waals surface area contributed by atoms with Gasteiger partial charge in [0, 0.05) is 19.0 Å². The normalized spacial score (nSPS) is 14.1. The molecule has 1 fully saturated rings. The molecule has 4 heteroatoms. The van der Waals surface area contributed by atoms with Crippen LogP contribution in [0.5, 0.6) is 0 Å². The highest BCUT2D eigenvalue weighted by atomic mass is 16.4. The number of hydrogen-bond donors (Lipinski definition) is 1. The lowest BCUT2D eigenvalue weighted by Crippen LogP contribution is -2.34. The number of benzene rings is 1. The Hall–Kier alpha value is -1.84. The van der Waals surface area contributed by atoms with E-state index in [0.717, 1.165) is 31.4 Å². The monoisotopic (exact) mass is 303 g/mol. The van der Waals surface area contributed by atoms with Crippen LogP contribution in [0.4, 0.5) is 0 Å². The van der Waals surface area contributed by atoms with Crippen LogP contribution >= 0.6 is 0 Å². The Kier molecular flexibility index (Phi) is 5.58. The van der Waals surface area contributed by atoms with Gasteiger partial charge in [-0.2, -0.15) is 0 Å². The Morgan fingerprint density at radius 1 is 1.23 bits per heavy atom. The van der Waals surface area contributed by atoms with E-state index in [0.29, 0.717) is 24.8 Å². The van der Waals surface area contributed by atoms with Gasteiger partial charge in [-0.25, -0.2) is 4.79 Å². The molecule has 1 amide bonds. The van der Waals surface area contributed by atoms with Gasteiger partial charge in [0.05, 0.1) is 5.56 Å². The van der Waals surface area contributed by atoms with Crippen LogP contribution in [0, 0.1) is 5.92 Å². The molecule has 0 atom stereocenters. The minimum Gasteiger partial charge on any atom is -0.478 e. The lowest BCUT2D eigenvalue weighted by atomic mass is 10.1. The van der Waals surface area contributed by atoms with Crippen LogP contribution < -0.4 is 0 Å². The molecule has 0 saturated heterocycles. The van der Waals surface area contributed by atoms with Gasteiger partial charge in [0.15, 0.2) is 0 Å². The number of carboxylic acid groups (broad SMARTS) is 1. The second-order valence-corrected chi connectivity index (χ2v) is 6.50. The summed E-state index contributed by atoms with van der Waals surface area (Å²) in [5.74, 6) is -0.0840. The Morgan fingerprint density at radius 2 is 1.86 bits per heavy atom. The van der Waals surface area contributed by atoms with Crippen molar-refractivity contribution in [3.05, 3.63) is 35.4 Å². The maximum atomic E-state index is 12.4. The van der Waals surface area contributed by atoms with E-state index >= 15 is 0 Å². The van der Waals surface area contributed by atoms with Gasteiger partial charge in [0.1, 0.15) is 0 Å². The van der Waals surface area contributed by atoms with Crippen molar-refractivity contribution in [2.45, 2.75) is 52.0 Å². The first-order valence-electron chi connectivity index (χ1n) is 8.09. The Morgan fingerprint density at radius 3 is 2.36 bits per heavy atom. The topological polar surface area (TPSA) is 57.6 Å². The molecule has 0 spiro atoms. The molecule has 1 aromatic rings. The van der Waals surface area contributed by atoms with Crippen LogP contribution in [0.25, 0.3) is 0 Å². The number of rotatable bonds is 8. The highest BCUT2D eigenvalue weighted by molar-refractivity contribution is 5.87. The summed E-state index contributed by atoms with van der Waals surface area (Å²) in [7, 11) is 0. The zero-order valence-electron chi connectivity index (χ0n) is 13.4. The van der Waals surface area contributed by atoms with Crippen molar-refractivity contribution >= 4 is 11.9 Å². The molecule has 1 N–H and O–H groups in total. The van der Waals surface area contributed by atoms with Gasteiger partial charge in [-0.1, -0.05) is 26.0 Å². The molecular formula is C18H25NO3. The van der Waals surface area contributed by atoms with Crippen molar-refractivity contribution in [3.8, 4) is 0 Å². The molecule has 0 heterocycles. The molecule has 4 nitrogen and oxygen atoms in total. The molecule has 0 radical (unpaired) electrons. The van der Waals surface area contributed by atoms with Gasteiger partial charge in [-0.15, -0.1) is 0 Å². The number of aryl methyl sites for hydroxylation is 1. The summed E-state index contributed by atoms with van der Waals surface area (Å²) in [6, 6.07) is 7.25. The van der Waals surface area contributed by atoms with Gasteiger partial charge in [0.25, 0.3) is 0 Å². The van der Waals surface area contributed by atoms with E-state index < -0.39 is 5.97 Å². The molecule has 1 aliphatic rings. The standard InChI is InChI=1S/C18H25NO3/c1-13(2)11-12-19(16-8-9-16)17(20)10-5-14-3-6-15(7-4-14)18(21)22/h3-4,6-7,13,16H,5,8-12H2,1-2H3,(H,21,22). The maximum absolute atomic E-state index is 12.4. The predicted octanol–water partition coefficient (Wildman–Crippen LogP) is 3.35. The Bertz CT molecular complexity index is 518. The third-order valence-corrected chi connectivity index (χ3v) is 4.08. The van der Waals surface area contributed by atoms with Gasteiger partial charge in [-0.3, -0.25) is 4.79 Å². The van der Waals surface area contributed by atoms with Gasteiger partial charge in [0.2, 0.25) is 5.91 Å². The Labute approximate surface area is 132 Å². The molecule has 0 aliphatic heterocycles. The predicted molar refractivity (Wildman–Crippen MR) is 85.9 cm³/mol. The molecule has 1 saturated carbocycles. The molecular weight excluding hydrogens is 278 g/mol. The fourth-order valence-electron chi connectivity index (χ4n) is 2.50. The summed E-state index contributed by atoms with van der Waals surface area (Å²) in [6.07, 6.45) is 4.49. The molecule has 0 aromatic heterocycles. The summed E-state index contributed by atoms with van der Waals surface area (Å²) < 4.78 is 0. The van der Waals surface area contributed by atoms with E-state index in [2.05, 4.69) is 13.8 Å². The van der Waals surface area contributed by atoms with Crippen molar-refractivity contribution < 1.29 is 14.7 Å². The van der Waals surface area contributed by atoms with Crippen molar-refractivity contribution in [1.82, 2.24) is 4.90 Å². The summed E-state index contributed by atoms with van der Waals surface area (Å²) in [6.45, 7) is 5.22. The van der Waals surface area contributed by atoms with Gasteiger partial charge < -0.3 is 10.0 Å². The lowest BCUT2D eigenvalue weighted by Gasteiger charge is -2.23. The van der Waals surface area contributed by atoms with E-state index in [9.17, 15) is 9.59 Å². The van der Waals surface area contributed by atoms with Gasteiger partial charge in [-0.05, 0) is 49.3 Å². The minimum absolute atomic E-state index is 0.227. The third-order valence-electron chi connectivity index (χ3n) is 4.08. The summed E-state index contributed by atoms with van der Waals surface area (Å²) in [5.41, 5.74) is 1.30. The van der Waals surface area contributed by atoms with Crippen molar-refractivity contribution in [2.24, 2.45) is 5.92 Å². The zero-order chi connectivity index (χ0) is 16.1. The number of carboxylic acids is 1. The molecule has 120 valence electrons. The SMILES string of the molecule is CC(C)CCN(C(=O)CCc1ccc(C(=O)O)cc1)C1CC1. The summed E-state index contributed by atoms with van der Waals surface area (Å²) >= 11 is 0. The van der Waals surface area contributed by atoms with Crippen molar-refractivity contribution in [2.75, 3.05) is 6.54 Å². The van der Waals surface area contributed by atoms with Gasteiger partial charge >= 0.3 is 5.97 Å². The van der Waals surface area contributed by atoms with Crippen LogP contribution in [0.15, 0.2) is 24.3 Å². The van der Waals surface area contributed by atoms with E-state index in [1.54, 1.807) is 24.3 Å². The van der Waals surface area contributed by atoms with Crippen molar-refractivity contribution in [3.63, 3.8) is 0 Å². The fraction of sp³-hybridized carbons (Fsp3) is 0.556. The van der Waals surface area contributed by atoms with Crippen LogP contribution in [-0.4, -0.2) is 34.5 Å². The number of amides is 1. The average molecular weight is 303 g/mol. The first-order valence-corrected chi connectivity index (χ1v) is 8.09. The fourth-order valence-corrected chi connectivity index (χ4v) is 2.50. The highest BCUT2D eigenvalue weighted by Crippen LogP contribution is 2.28. The molecule has 1 aromatic carbocycles. The Balaban J connectivity index is 1.85. The quantitative estimate of drug-likeness (QED) is 0.801. The third kappa shape index (κ3) is 4.86. The number of hydrogen-bond acceptors (Lipinski definition) is 2. The average Bonchev–Trinajstić information content (AvgIpc) is 3.30. The maximum Gasteiger partial charge on any atom is 0.335 e. The number of aromatic carboxylic acids is 1. The number of carbonyl (C=O) groups is 2. The van der Waals surface area contributed by atoms with Crippen LogP contribution in [0.3, 0.4) is 0 Å². The first-order chi connectivity index (χ1) is 10.5. The van der Waals surface area contributed by atoms with E-state index in [1.165, 1.54) is 0 Å². The molecule has 0 bridgehead atoms. The van der Waals surface area contributed by atoms with E-state index in [-0.39, 0.29) is 11.5 Å². The highest BCUT2D eigenvalue weighted by Gasteiger charge is 2.31. The van der Waals surface area contributed by atoms with Crippen LogP contribution in [0.2, 0.25) is 0 Å². The van der Waals surface area contributed by atoms with E-state index in [1.807, 2.05) is 4.90 Å².